The Morgan fingerprint density at radius 1 is 0.963 bits per heavy atom. The van der Waals surface area contributed by atoms with Gasteiger partial charge in [-0.3, -0.25) is 0 Å². The summed E-state index contributed by atoms with van der Waals surface area (Å²) in [5.41, 5.74) is 2.66. The maximum Gasteiger partial charge on any atom is 0.348 e. The molecule has 0 aliphatic heterocycles. The van der Waals surface area contributed by atoms with Gasteiger partial charge in [0.15, 0.2) is 10.9 Å². The molecule has 0 fully saturated rings. The zero-order valence-electron chi connectivity index (χ0n) is 14.1. The third kappa shape index (κ3) is 2.77. The van der Waals surface area contributed by atoms with Crippen molar-refractivity contribution in [1.29, 1.82) is 0 Å². The average Bonchev–Trinajstić information content (AvgIpc) is 3.29. The van der Waals surface area contributed by atoms with Gasteiger partial charge < -0.3 is 10.6 Å². The summed E-state index contributed by atoms with van der Waals surface area (Å²) in [5.74, 6) is 0.568. The van der Waals surface area contributed by atoms with Gasteiger partial charge in [-0.15, -0.1) is 5.10 Å². The molecular formula is C18H15N7OS. The number of benzene rings is 2. The van der Waals surface area contributed by atoms with Gasteiger partial charge in [0, 0.05) is 13.1 Å². The lowest BCUT2D eigenvalue weighted by Crippen LogP contribution is -2.16. The van der Waals surface area contributed by atoms with E-state index < -0.39 is 0 Å². The quantitative estimate of drug-likeness (QED) is 0.407. The van der Waals surface area contributed by atoms with Gasteiger partial charge in [-0.2, -0.15) is 0 Å². The van der Waals surface area contributed by atoms with Crippen molar-refractivity contribution in [2.45, 2.75) is 0 Å². The molecule has 0 amide bonds. The van der Waals surface area contributed by atoms with E-state index in [-0.39, 0.29) is 5.69 Å². The Bertz CT molecular complexity index is 1290. The van der Waals surface area contributed by atoms with Gasteiger partial charge in [0.2, 0.25) is 5.65 Å². The molecule has 0 aliphatic carbocycles. The van der Waals surface area contributed by atoms with Crippen LogP contribution in [-0.2, 0) is 0 Å². The minimum Gasteiger partial charge on any atom is -0.365 e. The van der Waals surface area contributed by atoms with E-state index in [0.29, 0.717) is 24.6 Å². The first-order chi connectivity index (χ1) is 13.3. The largest absolute Gasteiger partial charge is 0.365 e. The number of thiazole rings is 1. The molecule has 8 nitrogen and oxygen atoms in total. The molecule has 2 aromatic carbocycles. The van der Waals surface area contributed by atoms with E-state index in [1.54, 1.807) is 11.3 Å². The highest BCUT2D eigenvalue weighted by atomic mass is 32.1. The Kier molecular flexibility index (Phi) is 3.72. The second-order valence-electron chi connectivity index (χ2n) is 5.98. The number of nitrogens with zero attached hydrogens (tertiary/aromatic N) is 4. The van der Waals surface area contributed by atoms with Gasteiger partial charge in [-0.05, 0) is 24.3 Å². The topological polar surface area (TPSA) is 100 Å². The van der Waals surface area contributed by atoms with Crippen LogP contribution in [0.1, 0.15) is 0 Å². The van der Waals surface area contributed by atoms with Crippen LogP contribution in [-0.4, -0.2) is 37.7 Å². The highest BCUT2D eigenvalue weighted by molar-refractivity contribution is 7.22. The van der Waals surface area contributed by atoms with Crippen molar-refractivity contribution >= 4 is 49.2 Å². The number of anilines is 2. The molecule has 9 heteroatoms. The fourth-order valence-corrected chi connectivity index (χ4v) is 3.91. The number of aromatic nitrogens is 5. The molecule has 5 aromatic rings. The Morgan fingerprint density at radius 3 is 2.63 bits per heavy atom. The summed E-state index contributed by atoms with van der Waals surface area (Å²) in [6.45, 7) is 1.27. The second-order valence-corrected chi connectivity index (χ2v) is 7.01. The molecule has 0 atom stereocenters. The van der Waals surface area contributed by atoms with Gasteiger partial charge in [0.1, 0.15) is 0 Å². The molecule has 3 heterocycles. The number of H-pyrrole nitrogens is 1. The van der Waals surface area contributed by atoms with Crippen molar-refractivity contribution in [2.75, 3.05) is 23.7 Å². The summed E-state index contributed by atoms with van der Waals surface area (Å²) in [7, 11) is 0. The Balaban J connectivity index is 1.36. The van der Waals surface area contributed by atoms with E-state index in [4.69, 9.17) is 0 Å². The Morgan fingerprint density at radius 2 is 1.74 bits per heavy atom. The van der Waals surface area contributed by atoms with Crippen molar-refractivity contribution in [3.05, 3.63) is 59.0 Å². The van der Waals surface area contributed by atoms with Crippen LogP contribution >= 0.6 is 11.3 Å². The molecule has 0 aliphatic rings. The molecular weight excluding hydrogens is 362 g/mol. The van der Waals surface area contributed by atoms with Crippen molar-refractivity contribution in [3.63, 3.8) is 0 Å². The van der Waals surface area contributed by atoms with Gasteiger partial charge in [0.25, 0.3) is 0 Å². The van der Waals surface area contributed by atoms with E-state index in [9.17, 15) is 4.79 Å². The highest BCUT2D eigenvalue weighted by Gasteiger charge is 2.12. The number of nitrogens with one attached hydrogen (secondary N) is 3. The third-order valence-electron chi connectivity index (χ3n) is 4.23. The minimum atomic E-state index is -0.278. The van der Waals surface area contributed by atoms with Crippen LogP contribution in [0.3, 0.4) is 0 Å². The SMILES string of the molecule is O=c1[nH]nc2c(NCCNc3nc4ccccc4s3)nc3ccccc3n12. The first-order valence-electron chi connectivity index (χ1n) is 8.49. The van der Waals surface area contributed by atoms with Crippen LogP contribution in [0.4, 0.5) is 10.9 Å². The predicted molar refractivity (Wildman–Crippen MR) is 108 cm³/mol. The molecule has 0 saturated heterocycles. The van der Waals surface area contributed by atoms with E-state index in [1.165, 1.54) is 4.40 Å². The molecule has 5 rings (SSSR count). The zero-order valence-corrected chi connectivity index (χ0v) is 15.0. The van der Waals surface area contributed by atoms with Crippen LogP contribution in [0.25, 0.3) is 26.9 Å². The van der Waals surface area contributed by atoms with E-state index >= 15 is 0 Å². The van der Waals surface area contributed by atoms with Gasteiger partial charge in [-0.1, -0.05) is 35.6 Å². The van der Waals surface area contributed by atoms with Crippen molar-refractivity contribution in [1.82, 2.24) is 24.6 Å². The molecule has 27 heavy (non-hydrogen) atoms. The van der Waals surface area contributed by atoms with Crippen LogP contribution in [0, 0.1) is 0 Å². The maximum absolute atomic E-state index is 12.1. The average molecular weight is 377 g/mol. The summed E-state index contributed by atoms with van der Waals surface area (Å²) in [4.78, 5) is 21.3. The number of hydrogen-bond acceptors (Lipinski definition) is 7. The Hall–Kier alpha value is -3.46. The lowest BCUT2D eigenvalue weighted by molar-refractivity contribution is 1.04. The summed E-state index contributed by atoms with van der Waals surface area (Å²) in [6, 6.07) is 15.5. The number of fused-ring (bicyclic) bond motifs is 4. The number of aromatic amines is 1. The smallest absolute Gasteiger partial charge is 0.348 e. The molecule has 3 N–H and O–H groups in total. The van der Waals surface area contributed by atoms with Crippen LogP contribution in [0.15, 0.2) is 53.3 Å². The maximum atomic E-state index is 12.1. The standard InChI is InChI=1S/C18H15N7OS/c26-18-24-23-16-15(21-11-5-1-3-7-13(11)25(16)18)19-9-10-20-17-22-12-6-2-4-8-14(12)27-17/h1-8H,9-10H2,(H,19,21)(H,20,22)(H,24,26). The first-order valence-corrected chi connectivity index (χ1v) is 9.30. The van der Waals surface area contributed by atoms with E-state index in [1.807, 2.05) is 42.5 Å². The minimum absolute atomic E-state index is 0.278. The molecule has 0 saturated carbocycles. The monoisotopic (exact) mass is 377 g/mol. The van der Waals surface area contributed by atoms with E-state index in [2.05, 4.69) is 36.9 Å². The highest BCUT2D eigenvalue weighted by Crippen LogP contribution is 2.25. The molecule has 0 radical (unpaired) electrons. The number of hydrogen-bond donors (Lipinski definition) is 3. The van der Waals surface area contributed by atoms with Crippen LogP contribution in [0.5, 0.6) is 0 Å². The first kappa shape index (κ1) is 15.8. The molecule has 0 bridgehead atoms. The zero-order chi connectivity index (χ0) is 18.2. The second kappa shape index (κ2) is 6.36. The number of para-hydroxylation sites is 3. The van der Waals surface area contributed by atoms with Crippen molar-refractivity contribution < 1.29 is 0 Å². The Labute approximate surface area is 156 Å². The van der Waals surface area contributed by atoms with Gasteiger partial charge in [0.05, 0.1) is 21.3 Å². The fraction of sp³-hybridized carbons (Fsp3) is 0.111. The van der Waals surface area contributed by atoms with Gasteiger partial charge >= 0.3 is 5.69 Å². The summed E-state index contributed by atoms with van der Waals surface area (Å²) in [5, 5.41) is 14.1. The van der Waals surface area contributed by atoms with Crippen LogP contribution < -0.4 is 16.3 Å². The van der Waals surface area contributed by atoms with Gasteiger partial charge in [-0.25, -0.2) is 24.3 Å². The molecule has 0 spiro atoms. The predicted octanol–water partition coefficient (Wildman–Crippen LogP) is 2.70. The summed E-state index contributed by atoms with van der Waals surface area (Å²) < 4.78 is 2.69. The summed E-state index contributed by atoms with van der Waals surface area (Å²) >= 11 is 1.62. The molecule has 0 unspecified atom stereocenters. The molecule has 134 valence electrons. The third-order valence-corrected chi connectivity index (χ3v) is 5.22. The normalized spacial score (nSPS) is 11.4. The molecule has 3 aromatic heterocycles. The lowest BCUT2D eigenvalue weighted by atomic mass is 10.3. The van der Waals surface area contributed by atoms with Crippen LogP contribution in [0.2, 0.25) is 0 Å². The van der Waals surface area contributed by atoms with Crippen molar-refractivity contribution in [3.8, 4) is 0 Å². The summed E-state index contributed by atoms with van der Waals surface area (Å²) in [6.07, 6.45) is 0. The van der Waals surface area contributed by atoms with E-state index in [0.717, 1.165) is 26.4 Å². The lowest BCUT2D eigenvalue weighted by Gasteiger charge is -2.09. The number of rotatable bonds is 5. The van der Waals surface area contributed by atoms with Crippen molar-refractivity contribution in [2.24, 2.45) is 0 Å². The fourth-order valence-electron chi connectivity index (χ4n) is 3.01.